The van der Waals surface area contributed by atoms with Crippen LogP contribution in [-0.4, -0.2) is 51.2 Å². The summed E-state index contributed by atoms with van der Waals surface area (Å²) in [5.41, 5.74) is 3.01. The molecule has 152 valence electrons. The fourth-order valence-electron chi connectivity index (χ4n) is 3.76. The number of carbonyl (C=O) groups excluding carboxylic acids is 1. The summed E-state index contributed by atoms with van der Waals surface area (Å²) in [5, 5.41) is 3.03. The van der Waals surface area contributed by atoms with Crippen LogP contribution in [0.15, 0.2) is 48.7 Å². The molecule has 0 aliphatic carbocycles. The lowest BCUT2D eigenvalue weighted by molar-refractivity contribution is -0.00162. The minimum absolute atomic E-state index is 0.0325. The Kier molecular flexibility index (Phi) is 6.05. The summed E-state index contributed by atoms with van der Waals surface area (Å²) in [6.45, 7) is 2.42. The first-order valence-electron chi connectivity index (χ1n) is 10.2. The number of benzene rings is 1. The molecule has 1 atom stereocenters. The first kappa shape index (κ1) is 19.4. The Balaban J connectivity index is 1.25. The van der Waals surface area contributed by atoms with Crippen molar-refractivity contribution >= 4 is 17.1 Å². The zero-order valence-corrected chi connectivity index (χ0v) is 16.8. The number of likely N-dealkylation sites (tertiary alicyclic amines) is 1. The zero-order chi connectivity index (χ0) is 20.1. The first-order valence-corrected chi connectivity index (χ1v) is 10.2. The SMILES string of the molecule is Cn1c(CCNC(=O)N2CCC[C@@H](OCc3ccccn3)C2)nc2ccccc21. The highest BCUT2D eigenvalue weighted by Crippen LogP contribution is 2.16. The molecule has 7 heteroatoms. The maximum Gasteiger partial charge on any atom is 0.317 e. The average molecular weight is 393 g/mol. The minimum Gasteiger partial charge on any atom is -0.370 e. The van der Waals surface area contributed by atoms with Gasteiger partial charge in [0.05, 0.1) is 29.4 Å². The predicted molar refractivity (Wildman–Crippen MR) is 111 cm³/mol. The molecule has 3 aromatic rings. The lowest BCUT2D eigenvalue weighted by Gasteiger charge is -2.32. The van der Waals surface area contributed by atoms with Crippen molar-refractivity contribution in [1.82, 2.24) is 24.8 Å². The van der Waals surface area contributed by atoms with E-state index in [1.54, 1.807) is 6.20 Å². The van der Waals surface area contributed by atoms with E-state index >= 15 is 0 Å². The molecule has 0 bridgehead atoms. The smallest absolute Gasteiger partial charge is 0.317 e. The minimum atomic E-state index is -0.0325. The number of carbonyl (C=O) groups is 1. The monoisotopic (exact) mass is 393 g/mol. The Morgan fingerprint density at radius 2 is 2.10 bits per heavy atom. The molecule has 1 fully saturated rings. The molecule has 0 radical (unpaired) electrons. The largest absolute Gasteiger partial charge is 0.370 e. The van der Waals surface area contributed by atoms with E-state index in [-0.39, 0.29) is 12.1 Å². The van der Waals surface area contributed by atoms with E-state index in [2.05, 4.69) is 25.9 Å². The second-order valence-corrected chi connectivity index (χ2v) is 7.40. The third-order valence-electron chi connectivity index (χ3n) is 5.36. The molecule has 1 aromatic carbocycles. The van der Waals surface area contributed by atoms with Crippen molar-refractivity contribution in [1.29, 1.82) is 0 Å². The normalized spacial score (nSPS) is 16.9. The number of aryl methyl sites for hydroxylation is 1. The molecule has 1 aliphatic rings. The molecule has 3 heterocycles. The molecule has 7 nitrogen and oxygen atoms in total. The Morgan fingerprint density at radius 1 is 1.24 bits per heavy atom. The number of pyridine rings is 1. The number of ether oxygens (including phenoxy) is 1. The van der Waals surface area contributed by atoms with Gasteiger partial charge in [-0.05, 0) is 37.1 Å². The Morgan fingerprint density at radius 3 is 2.93 bits per heavy atom. The fraction of sp³-hybridized carbons (Fsp3) is 0.409. The number of rotatable bonds is 6. The molecule has 2 aromatic heterocycles. The van der Waals surface area contributed by atoms with E-state index in [0.717, 1.165) is 41.9 Å². The van der Waals surface area contributed by atoms with Crippen LogP contribution >= 0.6 is 0 Å². The number of aromatic nitrogens is 3. The summed E-state index contributed by atoms with van der Waals surface area (Å²) in [4.78, 5) is 23.4. The van der Waals surface area contributed by atoms with Crippen molar-refractivity contribution in [3.63, 3.8) is 0 Å². The number of amides is 2. The van der Waals surface area contributed by atoms with Crippen LogP contribution in [0.25, 0.3) is 11.0 Å². The van der Waals surface area contributed by atoms with Crippen LogP contribution in [0.3, 0.4) is 0 Å². The summed E-state index contributed by atoms with van der Waals surface area (Å²) in [7, 11) is 2.01. The van der Waals surface area contributed by atoms with E-state index < -0.39 is 0 Å². The highest BCUT2D eigenvalue weighted by Gasteiger charge is 2.24. The van der Waals surface area contributed by atoms with Crippen molar-refractivity contribution in [2.24, 2.45) is 7.05 Å². The average Bonchev–Trinajstić information content (AvgIpc) is 3.09. The van der Waals surface area contributed by atoms with Gasteiger partial charge < -0.3 is 19.5 Å². The molecule has 0 saturated carbocycles. The van der Waals surface area contributed by atoms with Crippen LogP contribution in [0.4, 0.5) is 4.79 Å². The third kappa shape index (κ3) is 4.74. The molecule has 1 saturated heterocycles. The number of hydrogen-bond donors (Lipinski definition) is 1. The van der Waals surface area contributed by atoms with Crippen molar-refractivity contribution in [2.45, 2.75) is 32.0 Å². The van der Waals surface area contributed by atoms with Crippen molar-refractivity contribution in [3.05, 3.63) is 60.2 Å². The van der Waals surface area contributed by atoms with Gasteiger partial charge in [0.25, 0.3) is 0 Å². The summed E-state index contributed by atoms with van der Waals surface area (Å²) in [6, 6.07) is 13.8. The molecule has 0 unspecified atom stereocenters. The highest BCUT2D eigenvalue weighted by atomic mass is 16.5. The lowest BCUT2D eigenvalue weighted by Crippen LogP contribution is -2.48. The fourth-order valence-corrected chi connectivity index (χ4v) is 3.76. The molecule has 4 rings (SSSR count). The maximum atomic E-state index is 12.6. The standard InChI is InChI=1S/C22H27N5O2/c1-26-20-10-3-2-9-19(20)25-21(26)11-13-24-22(28)27-14-6-8-18(15-27)29-16-17-7-4-5-12-23-17/h2-5,7,9-10,12,18H,6,8,11,13-16H2,1H3,(H,24,28)/t18-/m1/s1. The predicted octanol–water partition coefficient (Wildman–Crippen LogP) is 2.90. The van der Waals surface area contributed by atoms with Gasteiger partial charge in [-0.1, -0.05) is 18.2 Å². The molecule has 29 heavy (non-hydrogen) atoms. The second-order valence-electron chi connectivity index (χ2n) is 7.40. The number of hydrogen-bond acceptors (Lipinski definition) is 4. The van der Waals surface area contributed by atoms with Gasteiger partial charge in [0.1, 0.15) is 5.82 Å². The molecule has 1 aliphatic heterocycles. The van der Waals surface area contributed by atoms with Gasteiger partial charge >= 0.3 is 6.03 Å². The second kappa shape index (κ2) is 9.05. The Labute approximate surface area is 170 Å². The number of fused-ring (bicyclic) bond motifs is 1. The lowest BCUT2D eigenvalue weighted by atomic mass is 10.1. The molecular formula is C22H27N5O2. The van der Waals surface area contributed by atoms with Crippen LogP contribution in [-0.2, 0) is 24.8 Å². The van der Waals surface area contributed by atoms with Gasteiger partial charge in [-0.3, -0.25) is 4.98 Å². The van der Waals surface area contributed by atoms with Crippen molar-refractivity contribution < 1.29 is 9.53 Å². The summed E-state index contributed by atoms with van der Waals surface area (Å²) in [6.07, 6.45) is 4.44. The third-order valence-corrected chi connectivity index (χ3v) is 5.36. The van der Waals surface area contributed by atoms with Gasteiger partial charge in [0.15, 0.2) is 0 Å². The van der Waals surface area contributed by atoms with E-state index in [1.165, 1.54) is 0 Å². The topological polar surface area (TPSA) is 72.3 Å². The van der Waals surface area contributed by atoms with Gasteiger partial charge in [0.2, 0.25) is 0 Å². The van der Waals surface area contributed by atoms with Crippen LogP contribution in [0.2, 0.25) is 0 Å². The van der Waals surface area contributed by atoms with Gasteiger partial charge in [-0.2, -0.15) is 0 Å². The highest BCUT2D eigenvalue weighted by molar-refractivity contribution is 5.76. The zero-order valence-electron chi connectivity index (χ0n) is 16.8. The number of nitrogens with one attached hydrogen (secondary N) is 1. The number of nitrogens with zero attached hydrogens (tertiary/aromatic N) is 4. The first-order chi connectivity index (χ1) is 14.2. The molecular weight excluding hydrogens is 366 g/mol. The molecule has 2 amide bonds. The van der Waals surface area contributed by atoms with Crippen LogP contribution < -0.4 is 5.32 Å². The summed E-state index contributed by atoms with van der Waals surface area (Å²) < 4.78 is 8.06. The van der Waals surface area contributed by atoms with Crippen LogP contribution in [0, 0.1) is 0 Å². The van der Waals surface area contributed by atoms with E-state index in [4.69, 9.17) is 4.74 Å². The number of piperidine rings is 1. The van der Waals surface area contributed by atoms with Crippen molar-refractivity contribution in [3.8, 4) is 0 Å². The summed E-state index contributed by atoms with van der Waals surface area (Å²) in [5.74, 6) is 0.974. The van der Waals surface area contributed by atoms with E-state index in [1.807, 2.05) is 48.3 Å². The van der Waals surface area contributed by atoms with Gasteiger partial charge in [0, 0.05) is 39.3 Å². The Hall–Kier alpha value is -2.93. The van der Waals surface area contributed by atoms with E-state index in [0.29, 0.717) is 26.1 Å². The molecule has 1 N–H and O–H groups in total. The quantitative estimate of drug-likeness (QED) is 0.699. The van der Waals surface area contributed by atoms with Gasteiger partial charge in [-0.15, -0.1) is 0 Å². The van der Waals surface area contributed by atoms with Crippen LogP contribution in [0.5, 0.6) is 0 Å². The van der Waals surface area contributed by atoms with Crippen molar-refractivity contribution in [2.75, 3.05) is 19.6 Å². The van der Waals surface area contributed by atoms with Crippen LogP contribution in [0.1, 0.15) is 24.4 Å². The number of para-hydroxylation sites is 2. The molecule has 0 spiro atoms. The summed E-state index contributed by atoms with van der Waals surface area (Å²) >= 11 is 0. The Bertz CT molecular complexity index is 956. The number of imidazole rings is 1. The van der Waals surface area contributed by atoms with E-state index in [9.17, 15) is 4.79 Å². The van der Waals surface area contributed by atoms with Gasteiger partial charge in [-0.25, -0.2) is 9.78 Å². The number of urea groups is 1. The maximum absolute atomic E-state index is 12.6.